The lowest BCUT2D eigenvalue weighted by Crippen LogP contribution is -2.44. The summed E-state index contributed by atoms with van der Waals surface area (Å²) in [5, 5.41) is 1.08. The number of esters is 1. The van der Waals surface area contributed by atoms with Crippen LogP contribution >= 0.6 is 23.5 Å². The van der Waals surface area contributed by atoms with Gasteiger partial charge in [-0.15, -0.1) is 23.5 Å². The molecular weight excluding hydrogens is 432 g/mol. The number of carbonyl (C=O) groups excluding carboxylic acids is 2. The van der Waals surface area contributed by atoms with Gasteiger partial charge in [0.1, 0.15) is 4.08 Å². The van der Waals surface area contributed by atoms with E-state index in [1.165, 1.54) is 25.9 Å². The molecule has 6 nitrogen and oxygen atoms in total. The number of para-hydroxylation sites is 1. The van der Waals surface area contributed by atoms with E-state index in [2.05, 4.69) is 29.7 Å². The Balaban J connectivity index is 2.03. The van der Waals surface area contributed by atoms with E-state index in [0.29, 0.717) is 0 Å². The van der Waals surface area contributed by atoms with Crippen molar-refractivity contribution in [2.45, 2.75) is 16.5 Å². The van der Waals surface area contributed by atoms with E-state index in [-0.39, 0.29) is 24.0 Å². The van der Waals surface area contributed by atoms with Gasteiger partial charge >= 0.3 is 12.1 Å². The number of allylic oxidation sites excluding steroid dienone is 2. The quantitative estimate of drug-likeness (QED) is 0.372. The molecule has 2 heterocycles. The van der Waals surface area contributed by atoms with Gasteiger partial charge in [0.05, 0.1) is 31.5 Å². The number of aromatic nitrogens is 1. The van der Waals surface area contributed by atoms with E-state index in [0.717, 1.165) is 28.6 Å². The summed E-state index contributed by atoms with van der Waals surface area (Å²) in [4.78, 5) is 27.0. The first kappa shape index (κ1) is 21.9. The highest BCUT2D eigenvalue weighted by atomic mass is 32.2. The van der Waals surface area contributed by atoms with Crippen molar-refractivity contribution in [2.75, 3.05) is 33.8 Å². The van der Waals surface area contributed by atoms with Crippen LogP contribution in [0.5, 0.6) is 0 Å². The fourth-order valence-electron chi connectivity index (χ4n) is 4.98. The lowest BCUT2D eigenvalue weighted by Gasteiger charge is -2.50. The predicted octanol–water partition coefficient (Wildman–Crippen LogP) is 4.75. The largest absolute Gasteiger partial charge is 0.466 e. The zero-order chi connectivity index (χ0) is 22.3. The van der Waals surface area contributed by atoms with Crippen molar-refractivity contribution in [1.82, 2.24) is 9.47 Å². The second kappa shape index (κ2) is 8.31. The second-order valence-corrected chi connectivity index (χ2v) is 9.98. The van der Waals surface area contributed by atoms with Gasteiger partial charge in [0.25, 0.3) is 0 Å². The van der Waals surface area contributed by atoms with Crippen molar-refractivity contribution >= 4 is 46.5 Å². The van der Waals surface area contributed by atoms with Crippen LogP contribution in [0.3, 0.4) is 0 Å². The number of rotatable bonds is 4. The molecule has 2 bridgehead atoms. The number of carbonyl (C=O) groups is 2. The second-order valence-electron chi connectivity index (χ2n) is 7.62. The van der Waals surface area contributed by atoms with Crippen molar-refractivity contribution in [2.24, 2.45) is 5.92 Å². The number of methoxy groups -OCH3 is 2. The highest BCUT2D eigenvalue weighted by molar-refractivity contribution is 8.16. The third-order valence-corrected chi connectivity index (χ3v) is 9.49. The summed E-state index contributed by atoms with van der Waals surface area (Å²) < 4.78 is 11.3. The summed E-state index contributed by atoms with van der Waals surface area (Å²) in [6.45, 7) is 0. The molecule has 2 aromatic rings. The first-order valence-corrected chi connectivity index (χ1v) is 12.4. The molecule has 164 valence electrons. The van der Waals surface area contributed by atoms with Crippen LogP contribution in [0.2, 0.25) is 0 Å². The van der Waals surface area contributed by atoms with Crippen molar-refractivity contribution in [1.29, 1.82) is 0 Å². The molecule has 1 aromatic carbocycles. The molecule has 4 rings (SSSR count). The molecule has 0 unspecified atom stereocenters. The van der Waals surface area contributed by atoms with Crippen LogP contribution in [0.1, 0.15) is 23.7 Å². The maximum Gasteiger partial charge on any atom is 0.418 e. The Hall–Kier alpha value is -2.32. The van der Waals surface area contributed by atoms with Gasteiger partial charge in [-0.2, -0.15) is 0 Å². The SMILES string of the molecule is COC(=O)/C=C\C1=CN(C)[C@@H]2C[C@H]1C(SC)(SC)c1c2c2ccccc2n1C(=O)OC. The van der Waals surface area contributed by atoms with Crippen molar-refractivity contribution in [3.05, 3.63) is 59.4 Å². The number of ether oxygens (including phenoxy) is 2. The molecule has 1 aromatic heterocycles. The number of fused-ring (bicyclic) bond motifs is 6. The van der Waals surface area contributed by atoms with Crippen molar-refractivity contribution < 1.29 is 19.1 Å². The standard InChI is InChI=1S/C23H26N2O4S2/c1-24-13-14(10-11-19(26)28-2)16-12-18(24)20-15-8-6-7-9-17(15)25(22(27)29-3)21(20)23(16,30-4)31-5/h6-11,13,16,18H,12H2,1-5H3/b11-10-/t16-,18-/m1/s1. The smallest absolute Gasteiger partial charge is 0.418 e. The summed E-state index contributed by atoms with van der Waals surface area (Å²) >= 11 is 3.46. The Morgan fingerprint density at radius 2 is 1.87 bits per heavy atom. The molecule has 1 aliphatic carbocycles. The fourth-order valence-corrected chi connectivity index (χ4v) is 7.47. The minimum absolute atomic E-state index is 0.0971. The van der Waals surface area contributed by atoms with Gasteiger partial charge in [-0.1, -0.05) is 18.2 Å². The molecule has 0 radical (unpaired) electrons. The van der Waals surface area contributed by atoms with Gasteiger partial charge in [-0.05, 0) is 36.6 Å². The summed E-state index contributed by atoms with van der Waals surface area (Å²) in [5.74, 6) is -0.287. The lowest BCUT2D eigenvalue weighted by atomic mass is 9.75. The molecule has 31 heavy (non-hydrogen) atoms. The molecule has 2 atom stereocenters. The van der Waals surface area contributed by atoms with Crippen LogP contribution < -0.4 is 0 Å². The van der Waals surface area contributed by atoms with Crippen LogP contribution in [0.25, 0.3) is 10.9 Å². The van der Waals surface area contributed by atoms with Gasteiger partial charge in [0.2, 0.25) is 0 Å². The van der Waals surface area contributed by atoms with E-state index in [1.807, 2.05) is 31.3 Å². The van der Waals surface area contributed by atoms with Crippen LogP contribution in [0.4, 0.5) is 4.79 Å². The third-order valence-electron chi connectivity index (χ3n) is 6.32. The van der Waals surface area contributed by atoms with E-state index in [4.69, 9.17) is 9.47 Å². The molecular formula is C23H26N2O4S2. The average molecular weight is 459 g/mol. The topological polar surface area (TPSA) is 60.8 Å². The fraction of sp³-hybridized carbons (Fsp3) is 0.391. The van der Waals surface area contributed by atoms with Gasteiger partial charge in [-0.3, -0.25) is 0 Å². The van der Waals surface area contributed by atoms with Crippen LogP contribution in [-0.4, -0.2) is 55.3 Å². The highest BCUT2D eigenvalue weighted by Crippen LogP contribution is 2.63. The highest BCUT2D eigenvalue weighted by Gasteiger charge is 2.54. The van der Waals surface area contributed by atoms with Crippen molar-refractivity contribution in [3.8, 4) is 0 Å². The molecule has 0 fully saturated rings. The number of thioether (sulfide) groups is 2. The Labute approximate surface area is 190 Å². The first-order chi connectivity index (χ1) is 14.9. The van der Waals surface area contributed by atoms with Crippen LogP contribution in [0, 0.1) is 5.92 Å². The normalized spacial score (nSPS) is 21.7. The molecule has 0 amide bonds. The average Bonchev–Trinajstić information content (AvgIpc) is 3.15. The molecule has 8 heteroatoms. The third kappa shape index (κ3) is 3.19. The Bertz CT molecular complexity index is 1100. The predicted molar refractivity (Wildman–Crippen MR) is 126 cm³/mol. The number of benzene rings is 1. The summed E-state index contributed by atoms with van der Waals surface area (Å²) in [6, 6.07) is 8.15. The molecule has 0 spiro atoms. The van der Waals surface area contributed by atoms with Gasteiger partial charge in [-0.25, -0.2) is 14.2 Å². The number of nitrogens with zero attached hydrogens (tertiary/aromatic N) is 2. The molecule has 0 saturated heterocycles. The summed E-state index contributed by atoms with van der Waals surface area (Å²) in [5.41, 5.74) is 4.06. The number of hydrogen-bond acceptors (Lipinski definition) is 7. The van der Waals surface area contributed by atoms with Crippen molar-refractivity contribution in [3.63, 3.8) is 0 Å². The van der Waals surface area contributed by atoms with Crippen LogP contribution in [-0.2, 0) is 18.3 Å². The Morgan fingerprint density at radius 3 is 2.52 bits per heavy atom. The van der Waals surface area contributed by atoms with E-state index < -0.39 is 4.08 Å². The Kier molecular flexibility index (Phi) is 5.87. The monoisotopic (exact) mass is 458 g/mol. The lowest BCUT2D eigenvalue weighted by molar-refractivity contribution is -0.134. The van der Waals surface area contributed by atoms with Crippen LogP contribution in [0.15, 0.2) is 48.2 Å². The molecule has 0 saturated carbocycles. The molecule has 1 aliphatic heterocycles. The van der Waals surface area contributed by atoms with Gasteiger partial charge < -0.3 is 14.4 Å². The zero-order valence-corrected chi connectivity index (χ0v) is 19.9. The minimum Gasteiger partial charge on any atom is -0.466 e. The molecule has 0 N–H and O–H groups in total. The zero-order valence-electron chi connectivity index (χ0n) is 18.2. The van der Waals surface area contributed by atoms with Gasteiger partial charge in [0.15, 0.2) is 0 Å². The molecule has 2 aliphatic rings. The number of hydrogen-bond donors (Lipinski definition) is 0. The van der Waals surface area contributed by atoms with E-state index in [9.17, 15) is 9.59 Å². The first-order valence-electron chi connectivity index (χ1n) is 9.95. The minimum atomic E-state index is -0.424. The summed E-state index contributed by atoms with van der Waals surface area (Å²) in [6.07, 6.45) is 10.1. The van der Waals surface area contributed by atoms with Gasteiger partial charge in [0, 0.05) is 36.2 Å². The maximum absolute atomic E-state index is 13.0. The Morgan fingerprint density at radius 1 is 1.16 bits per heavy atom. The van der Waals surface area contributed by atoms with E-state index in [1.54, 1.807) is 28.1 Å². The van der Waals surface area contributed by atoms with E-state index >= 15 is 0 Å². The maximum atomic E-state index is 13.0. The summed E-state index contributed by atoms with van der Waals surface area (Å²) in [7, 11) is 4.84.